The van der Waals surface area contributed by atoms with Gasteiger partial charge in [-0.25, -0.2) is 4.99 Å². The number of guanidine groups is 1. The molecular weight excluding hydrogens is 479 g/mol. The fourth-order valence-corrected chi connectivity index (χ4v) is 3.29. The number of fused-ring (bicyclic) bond motifs is 1. The van der Waals surface area contributed by atoms with Crippen LogP contribution >= 0.6 is 24.0 Å². The zero-order valence-electron chi connectivity index (χ0n) is 16.6. The number of aliphatic imine (C=N–C) groups is 1. The van der Waals surface area contributed by atoms with Gasteiger partial charge in [-0.05, 0) is 42.3 Å². The molecule has 0 aromatic heterocycles. The molecule has 0 fully saturated rings. The molecule has 154 valence electrons. The van der Waals surface area contributed by atoms with Gasteiger partial charge in [0.1, 0.15) is 0 Å². The van der Waals surface area contributed by atoms with Crippen molar-refractivity contribution in [2.24, 2.45) is 4.99 Å². The van der Waals surface area contributed by atoms with E-state index >= 15 is 0 Å². The second kappa shape index (κ2) is 10.4. The minimum atomic E-state index is 0. The summed E-state index contributed by atoms with van der Waals surface area (Å²) in [6.45, 7) is 6.43. The second-order valence-electron chi connectivity index (χ2n) is 6.78. The predicted molar refractivity (Wildman–Crippen MR) is 127 cm³/mol. The van der Waals surface area contributed by atoms with E-state index in [1.165, 1.54) is 11.3 Å². The molecule has 7 heteroatoms. The molecule has 2 aromatic carbocycles. The summed E-state index contributed by atoms with van der Waals surface area (Å²) in [6.07, 6.45) is 4.41. The number of halogens is 1. The van der Waals surface area contributed by atoms with E-state index in [4.69, 9.17) is 14.5 Å². The highest BCUT2D eigenvalue weighted by Crippen LogP contribution is 2.32. The SMILES string of the molecule is CCNC(=NCc1cccc(N2CC=CC2)c1)NCc1ccc2c(c1)OCO2.I. The molecule has 0 amide bonds. The van der Waals surface area contributed by atoms with E-state index in [9.17, 15) is 0 Å². The first-order valence-electron chi connectivity index (χ1n) is 9.71. The van der Waals surface area contributed by atoms with Crippen molar-refractivity contribution < 1.29 is 9.47 Å². The summed E-state index contributed by atoms with van der Waals surface area (Å²) in [5.41, 5.74) is 3.57. The Labute approximate surface area is 189 Å². The van der Waals surface area contributed by atoms with E-state index in [2.05, 4.69) is 58.9 Å². The van der Waals surface area contributed by atoms with Gasteiger partial charge in [-0.1, -0.05) is 30.4 Å². The van der Waals surface area contributed by atoms with Crippen LogP contribution in [0.4, 0.5) is 5.69 Å². The molecule has 6 nitrogen and oxygen atoms in total. The zero-order valence-corrected chi connectivity index (χ0v) is 18.9. The summed E-state index contributed by atoms with van der Waals surface area (Å²) < 4.78 is 10.8. The Hall–Kier alpha value is -2.42. The molecule has 2 aromatic rings. The van der Waals surface area contributed by atoms with Gasteiger partial charge in [-0.3, -0.25) is 0 Å². The molecular formula is C22H27IN4O2. The fourth-order valence-electron chi connectivity index (χ4n) is 3.29. The Morgan fingerprint density at radius 3 is 2.66 bits per heavy atom. The molecule has 2 aliphatic rings. The molecule has 0 aliphatic carbocycles. The lowest BCUT2D eigenvalue weighted by atomic mass is 10.2. The molecule has 2 aliphatic heterocycles. The van der Waals surface area contributed by atoms with Crippen molar-refractivity contribution in [1.82, 2.24) is 10.6 Å². The van der Waals surface area contributed by atoms with Crippen LogP contribution in [0.15, 0.2) is 59.6 Å². The third-order valence-electron chi connectivity index (χ3n) is 4.75. The van der Waals surface area contributed by atoms with Crippen LogP contribution in [0.1, 0.15) is 18.1 Å². The van der Waals surface area contributed by atoms with Crippen LogP contribution in [0.2, 0.25) is 0 Å². The number of nitrogens with zero attached hydrogens (tertiary/aromatic N) is 2. The normalized spacial score (nSPS) is 14.7. The standard InChI is InChI=1S/C22H26N4O2.HI/c1-2-23-22(25-15-18-8-9-20-21(13-18)28-16-27-20)24-14-17-6-5-7-19(12-17)26-10-3-4-11-26;/h3-9,12-13H,2,10-11,14-16H2,1H3,(H2,23,24,25);1H. The lowest BCUT2D eigenvalue weighted by molar-refractivity contribution is 0.174. The Morgan fingerprint density at radius 1 is 1.00 bits per heavy atom. The van der Waals surface area contributed by atoms with Crippen molar-refractivity contribution in [1.29, 1.82) is 0 Å². The first-order chi connectivity index (χ1) is 13.8. The van der Waals surface area contributed by atoms with Crippen molar-refractivity contribution in [2.75, 3.05) is 31.3 Å². The maximum Gasteiger partial charge on any atom is 0.231 e. The average Bonchev–Trinajstić information content (AvgIpc) is 3.42. The lowest BCUT2D eigenvalue weighted by Gasteiger charge is -2.18. The van der Waals surface area contributed by atoms with Gasteiger partial charge in [0.15, 0.2) is 17.5 Å². The number of hydrogen-bond donors (Lipinski definition) is 2. The van der Waals surface area contributed by atoms with Gasteiger partial charge in [-0.15, -0.1) is 24.0 Å². The van der Waals surface area contributed by atoms with Crippen LogP contribution in [0, 0.1) is 0 Å². The largest absolute Gasteiger partial charge is 0.454 e. The molecule has 2 N–H and O–H groups in total. The molecule has 0 saturated carbocycles. The molecule has 29 heavy (non-hydrogen) atoms. The minimum Gasteiger partial charge on any atom is -0.454 e. The summed E-state index contributed by atoms with van der Waals surface area (Å²) in [4.78, 5) is 7.09. The van der Waals surface area contributed by atoms with Crippen molar-refractivity contribution in [2.45, 2.75) is 20.0 Å². The molecule has 0 saturated heterocycles. The van der Waals surface area contributed by atoms with Crippen LogP contribution in [-0.2, 0) is 13.1 Å². The van der Waals surface area contributed by atoms with E-state index in [1.54, 1.807) is 0 Å². The van der Waals surface area contributed by atoms with E-state index in [-0.39, 0.29) is 24.0 Å². The van der Waals surface area contributed by atoms with Crippen LogP contribution in [0.25, 0.3) is 0 Å². The highest BCUT2D eigenvalue weighted by atomic mass is 127. The van der Waals surface area contributed by atoms with Gasteiger partial charge in [0.2, 0.25) is 6.79 Å². The van der Waals surface area contributed by atoms with Gasteiger partial charge in [0, 0.05) is 31.9 Å². The third-order valence-corrected chi connectivity index (χ3v) is 4.75. The Bertz CT molecular complexity index is 877. The maximum atomic E-state index is 5.45. The average molecular weight is 506 g/mol. The molecule has 0 spiro atoms. The highest BCUT2D eigenvalue weighted by molar-refractivity contribution is 14.0. The Kier molecular flexibility index (Phi) is 7.62. The number of rotatable bonds is 6. The number of nitrogens with one attached hydrogen (secondary N) is 2. The quantitative estimate of drug-likeness (QED) is 0.271. The van der Waals surface area contributed by atoms with Gasteiger partial charge >= 0.3 is 0 Å². The smallest absolute Gasteiger partial charge is 0.231 e. The number of ether oxygens (including phenoxy) is 2. The molecule has 0 atom stereocenters. The zero-order chi connectivity index (χ0) is 19.2. The summed E-state index contributed by atoms with van der Waals surface area (Å²) in [5.74, 6) is 2.40. The van der Waals surface area contributed by atoms with E-state index in [0.29, 0.717) is 19.9 Å². The van der Waals surface area contributed by atoms with E-state index in [0.717, 1.165) is 42.7 Å². The van der Waals surface area contributed by atoms with E-state index in [1.807, 2.05) is 18.2 Å². The number of benzene rings is 2. The molecule has 2 heterocycles. The summed E-state index contributed by atoms with van der Waals surface area (Å²) in [7, 11) is 0. The monoisotopic (exact) mass is 506 g/mol. The van der Waals surface area contributed by atoms with Gasteiger partial charge in [-0.2, -0.15) is 0 Å². The molecule has 0 bridgehead atoms. The van der Waals surface area contributed by atoms with Crippen LogP contribution in [0.5, 0.6) is 11.5 Å². The van der Waals surface area contributed by atoms with E-state index < -0.39 is 0 Å². The van der Waals surface area contributed by atoms with Crippen LogP contribution in [-0.4, -0.2) is 32.4 Å². The predicted octanol–water partition coefficient (Wildman–Crippen LogP) is 3.66. The molecule has 4 rings (SSSR count). The second-order valence-corrected chi connectivity index (χ2v) is 6.78. The first-order valence-corrected chi connectivity index (χ1v) is 9.71. The number of hydrogen-bond acceptors (Lipinski definition) is 4. The molecule has 0 radical (unpaired) electrons. The number of anilines is 1. The first kappa shape index (κ1) is 21.3. The highest BCUT2D eigenvalue weighted by Gasteiger charge is 2.13. The topological polar surface area (TPSA) is 58.1 Å². The van der Waals surface area contributed by atoms with Gasteiger partial charge in [0.25, 0.3) is 0 Å². The fraction of sp³-hybridized carbons (Fsp3) is 0.318. The Balaban J connectivity index is 0.00000240. The maximum absolute atomic E-state index is 5.45. The van der Waals surface area contributed by atoms with Gasteiger partial charge in [0.05, 0.1) is 6.54 Å². The van der Waals surface area contributed by atoms with Crippen molar-refractivity contribution in [3.8, 4) is 11.5 Å². The molecule has 0 unspecified atom stereocenters. The summed E-state index contributed by atoms with van der Waals surface area (Å²) in [6, 6.07) is 14.6. The van der Waals surface area contributed by atoms with Crippen molar-refractivity contribution in [3.05, 3.63) is 65.7 Å². The van der Waals surface area contributed by atoms with Crippen LogP contribution < -0.4 is 25.0 Å². The van der Waals surface area contributed by atoms with Crippen LogP contribution in [0.3, 0.4) is 0 Å². The third kappa shape index (κ3) is 5.56. The van der Waals surface area contributed by atoms with Gasteiger partial charge < -0.3 is 25.0 Å². The van der Waals surface area contributed by atoms with Crippen molar-refractivity contribution in [3.63, 3.8) is 0 Å². The van der Waals surface area contributed by atoms with Crippen molar-refractivity contribution >= 4 is 35.6 Å². The minimum absolute atomic E-state index is 0. The Morgan fingerprint density at radius 2 is 1.83 bits per heavy atom. The lowest BCUT2D eigenvalue weighted by Crippen LogP contribution is -2.36. The summed E-state index contributed by atoms with van der Waals surface area (Å²) >= 11 is 0. The summed E-state index contributed by atoms with van der Waals surface area (Å²) in [5, 5.41) is 6.70.